The summed E-state index contributed by atoms with van der Waals surface area (Å²) in [7, 11) is -3.28. The number of sulfonamides is 1. The maximum atomic E-state index is 11.6. The monoisotopic (exact) mass is 273 g/mol. The lowest BCUT2D eigenvalue weighted by atomic mass is 10.3. The second-order valence-electron chi connectivity index (χ2n) is 3.50. The molecule has 0 aliphatic heterocycles. The van der Waals surface area contributed by atoms with Crippen molar-refractivity contribution in [1.82, 2.24) is 9.71 Å². The molecule has 1 aromatic rings. The van der Waals surface area contributed by atoms with Crippen LogP contribution in [0.1, 0.15) is 12.1 Å². The molecule has 0 amide bonds. The zero-order valence-corrected chi connectivity index (χ0v) is 10.9. The van der Waals surface area contributed by atoms with Crippen LogP contribution in [0.15, 0.2) is 24.4 Å². The maximum Gasteiger partial charge on any atom is 0.211 e. The molecule has 0 spiro atoms. The SMILES string of the molecule is NC(=S)CCNS(=O)(=O)CCc1ccccn1. The van der Waals surface area contributed by atoms with Crippen molar-refractivity contribution in [3.63, 3.8) is 0 Å². The highest BCUT2D eigenvalue weighted by Gasteiger charge is 2.10. The third-order valence-corrected chi connectivity index (χ3v) is 3.64. The number of aryl methyl sites for hydroxylation is 1. The third-order valence-electron chi connectivity index (χ3n) is 2.05. The fraction of sp³-hybridized carbons (Fsp3) is 0.400. The van der Waals surface area contributed by atoms with E-state index in [1.54, 1.807) is 18.3 Å². The van der Waals surface area contributed by atoms with E-state index in [1.807, 2.05) is 6.07 Å². The van der Waals surface area contributed by atoms with E-state index >= 15 is 0 Å². The third kappa shape index (κ3) is 6.30. The van der Waals surface area contributed by atoms with Crippen molar-refractivity contribution in [2.75, 3.05) is 12.3 Å². The highest BCUT2D eigenvalue weighted by molar-refractivity contribution is 7.89. The minimum atomic E-state index is -3.28. The standard InChI is InChI=1S/C10H15N3O2S2/c11-10(16)4-7-13-17(14,15)8-5-9-3-1-2-6-12-9/h1-3,6,13H,4-5,7-8H2,(H2,11,16). The Balaban J connectivity index is 2.37. The van der Waals surface area contributed by atoms with E-state index in [0.717, 1.165) is 5.69 Å². The predicted molar refractivity (Wildman–Crippen MR) is 71.1 cm³/mol. The van der Waals surface area contributed by atoms with Gasteiger partial charge in [0.15, 0.2) is 0 Å². The van der Waals surface area contributed by atoms with Crippen molar-refractivity contribution in [2.24, 2.45) is 5.73 Å². The molecule has 0 aromatic carbocycles. The van der Waals surface area contributed by atoms with E-state index in [1.165, 1.54) is 0 Å². The zero-order chi connectivity index (χ0) is 12.7. The average molecular weight is 273 g/mol. The molecule has 1 aromatic heterocycles. The van der Waals surface area contributed by atoms with Gasteiger partial charge in [-0.15, -0.1) is 0 Å². The Hall–Kier alpha value is -1.05. The molecule has 0 saturated heterocycles. The molecule has 94 valence electrons. The van der Waals surface area contributed by atoms with Gasteiger partial charge in [0, 0.05) is 31.3 Å². The molecule has 0 radical (unpaired) electrons. The van der Waals surface area contributed by atoms with E-state index in [0.29, 0.717) is 17.8 Å². The van der Waals surface area contributed by atoms with Crippen LogP contribution in [-0.2, 0) is 16.4 Å². The van der Waals surface area contributed by atoms with Crippen LogP contribution in [0.3, 0.4) is 0 Å². The van der Waals surface area contributed by atoms with E-state index < -0.39 is 10.0 Å². The molecule has 0 atom stereocenters. The Bertz CT molecular complexity index is 460. The number of thiocarbonyl (C=S) groups is 1. The van der Waals surface area contributed by atoms with Crippen LogP contribution in [-0.4, -0.2) is 30.7 Å². The first-order valence-electron chi connectivity index (χ1n) is 5.15. The Morgan fingerprint density at radius 1 is 1.47 bits per heavy atom. The van der Waals surface area contributed by atoms with Gasteiger partial charge in [-0.25, -0.2) is 13.1 Å². The van der Waals surface area contributed by atoms with Gasteiger partial charge in [-0.3, -0.25) is 4.98 Å². The van der Waals surface area contributed by atoms with Gasteiger partial charge in [0.05, 0.1) is 10.7 Å². The maximum absolute atomic E-state index is 11.6. The molecule has 0 aliphatic carbocycles. The van der Waals surface area contributed by atoms with Crippen molar-refractivity contribution in [2.45, 2.75) is 12.8 Å². The number of nitrogens with zero attached hydrogens (tertiary/aromatic N) is 1. The normalized spacial score (nSPS) is 11.3. The molecular formula is C10H15N3O2S2. The Morgan fingerprint density at radius 3 is 2.82 bits per heavy atom. The van der Waals surface area contributed by atoms with E-state index in [2.05, 4.69) is 21.9 Å². The minimum absolute atomic E-state index is 0.0152. The van der Waals surface area contributed by atoms with Crippen LogP contribution in [0.25, 0.3) is 0 Å². The van der Waals surface area contributed by atoms with Crippen LogP contribution >= 0.6 is 12.2 Å². The van der Waals surface area contributed by atoms with Crippen LogP contribution in [0.4, 0.5) is 0 Å². The summed E-state index contributed by atoms with van der Waals surface area (Å²) in [5, 5.41) is 0. The summed E-state index contributed by atoms with van der Waals surface area (Å²) in [6.07, 6.45) is 2.41. The summed E-state index contributed by atoms with van der Waals surface area (Å²) < 4.78 is 25.6. The first kappa shape index (κ1) is 14.0. The van der Waals surface area contributed by atoms with Crippen molar-refractivity contribution in [3.8, 4) is 0 Å². The fourth-order valence-corrected chi connectivity index (χ4v) is 2.32. The summed E-state index contributed by atoms with van der Waals surface area (Å²) in [5.41, 5.74) is 6.03. The van der Waals surface area contributed by atoms with E-state index in [4.69, 9.17) is 5.73 Å². The minimum Gasteiger partial charge on any atom is -0.393 e. The van der Waals surface area contributed by atoms with Gasteiger partial charge >= 0.3 is 0 Å². The first-order chi connectivity index (χ1) is 7.99. The molecule has 7 heteroatoms. The van der Waals surface area contributed by atoms with E-state index in [-0.39, 0.29) is 12.3 Å². The lowest BCUT2D eigenvalue weighted by molar-refractivity contribution is 0.581. The number of hydrogen-bond donors (Lipinski definition) is 2. The van der Waals surface area contributed by atoms with Crippen LogP contribution in [0.5, 0.6) is 0 Å². The fourth-order valence-electron chi connectivity index (χ4n) is 1.19. The van der Waals surface area contributed by atoms with Gasteiger partial charge in [-0.05, 0) is 12.1 Å². The van der Waals surface area contributed by atoms with E-state index in [9.17, 15) is 8.42 Å². The van der Waals surface area contributed by atoms with Crippen LogP contribution < -0.4 is 10.5 Å². The molecule has 0 aliphatic rings. The molecule has 0 fully saturated rings. The molecule has 3 N–H and O–H groups in total. The number of rotatable bonds is 7. The van der Waals surface area contributed by atoms with Crippen molar-refractivity contribution in [3.05, 3.63) is 30.1 Å². The summed E-state index contributed by atoms with van der Waals surface area (Å²) >= 11 is 4.66. The summed E-state index contributed by atoms with van der Waals surface area (Å²) in [5.74, 6) is 0.0152. The second kappa shape index (κ2) is 6.63. The number of pyridine rings is 1. The highest BCUT2D eigenvalue weighted by Crippen LogP contribution is 1.97. The lowest BCUT2D eigenvalue weighted by Gasteiger charge is -2.05. The van der Waals surface area contributed by atoms with Crippen molar-refractivity contribution < 1.29 is 8.42 Å². The van der Waals surface area contributed by atoms with Gasteiger partial charge in [0.2, 0.25) is 10.0 Å². The Kier molecular flexibility index (Phi) is 5.46. The van der Waals surface area contributed by atoms with Gasteiger partial charge < -0.3 is 5.73 Å². The summed E-state index contributed by atoms with van der Waals surface area (Å²) in [6.45, 7) is 0.250. The molecule has 0 bridgehead atoms. The zero-order valence-electron chi connectivity index (χ0n) is 9.30. The number of hydrogen-bond acceptors (Lipinski definition) is 4. The molecule has 17 heavy (non-hydrogen) atoms. The molecule has 0 saturated carbocycles. The molecule has 0 unspecified atom stereocenters. The van der Waals surface area contributed by atoms with Crippen LogP contribution in [0.2, 0.25) is 0 Å². The molecule has 1 heterocycles. The quantitative estimate of drug-likeness (QED) is 0.694. The average Bonchev–Trinajstić information content (AvgIpc) is 2.27. The van der Waals surface area contributed by atoms with Crippen LogP contribution in [0, 0.1) is 0 Å². The number of nitrogens with one attached hydrogen (secondary N) is 1. The van der Waals surface area contributed by atoms with Crippen molar-refractivity contribution in [1.29, 1.82) is 0 Å². The van der Waals surface area contributed by atoms with Crippen molar-refractivity contribution >= 4 is 27.2 Å². The summed E-state index contributed by atoms with van der Waals surface area (Å²) in [4.78, 5) is 4.36. The smallest absolute Gasteiger partial charge is 0.211 e. The predicted octanol–water partition coefficient (Wildman–Crippen LogP) is 0.220. The molecule has 1 rings (SSSR count). The molecular weight excluding hydrogens is 258 g/mol. The second-order valence-corrected chi connectivity index (χ2v) is 5.95. The topological polar surface area (TPSA) is 85.1 Å². The summed E-state index contributed by atoms with van der Waals surface area (Å²) in [6, 6.07) is 5.41. The first-order valence-corrected chi connectivity index (χ1v) is 7.21. The van der Waals surface area contributed by atoms with Gasteiger partial charge in [-0.2, -0.15) is 0 Å². The van der Waals surface area contributed by atoms with Gasteiger partial charge in [0.1, 0.15) is 0 Å². The highest BCUT2D eigenvalue weighted by atomic mass is 32.2. The van der Waals surface area contributed by atoms with Gasteiger partial charge in [0.25, 0.3) is 0 Å². The largest absolute Gasteiger partial charge is 0.393 e. The molecule has 5 nitrogen and oxygen atoms in total. The lowest BCUT2D eigenvalue weighted by Crippen LogP contribution is -2.30. The number of aromatic nitrogens is 1. The Morgan fingerprint density at radius 2 is 2.24 bits per heavy atom. The number of nitrogens with two attached hydrogens (primary N) is 1. The van der Waals surface area contributed by atoms with Gasteiger partial charge in [-0.1, -0.05) is 18.3 Å². The Labute approximate surface area is 106 Å².